The van der Waals surface area contributed by atoms with E-state index < -0.39 is 0 Å². The van der Waals surface area contributed by atoms with Crippen LogP contribution in [0.5, 0.6) is 0 Å². The summed E-state index contributed by atoms with van der Waals surface area (Å²) in [4.78, 5) is 23.3. The Morgan fingerprint density at radius 3 is 2.45 bits per heavy atom. The quantitative estimate of drug-likeness (QED) is 0.517. The van der Waals surface area contributed by atoms with E-state index in [1.807, 2.05) is 30.3 Å². The maximum absolute atomic E-state index is 12.1. The van der Waals surface area contributed by atoms with Gasteiger partial charge < -0.3 is 4.57 Å². The Labute approximate surface area is 129 Å². The highest BCUT2D eigenvalue weighted by Crippen LogP contribution is 2.30. The first kappa shape index (κ1) is 14.5. The van der Waals surface area contributed by atoms with Gasteiger partial charge in [0, 0.05) is 33.9 Å². The standard InChI is InChI=1S/C19H19NO2/c1-3-10-20-17-7-5-4-6-15(17)16-12-14(8-9-18(16)20)19(22)11-13(2)21/h4-9,12H,3,10-11H2,1-2H3. The molecule has 0 spiro atoms. The number of fused-ring (bicyclic) bond motifs is 3. The van der Waals surface area contributed by atoms with Gasteiger partial charge in [-0.1, -0.05) is 25.1 Å². The third-order valence-electron chi connectivity index (χ3n) is 3.95. The van der Waals surface area contributed by atoms with E-state index in [4.69, 9.17) is 0 Å². The summed E-state index contributed by atoms with van der Waals surface area (Å²) in [5, 5.41) is 2.24. The van der Waals surface area contributed by atoms with Crippen molar-refractivity contribution in [1.82, 2.24) is 4.57 Å². The molecule has 112 valence electrons. The van der Waals surface area contributed by atoms with Gasteiger partial charge in [-0.25, -0.2) is 0 Å². The molecule has 0 saturated carbocycles. The van der Waals surface area contributed by atoms with Crippen LogP contribution in [0.1, 0.15) is 37.0 Å². The molecular formula is C19H19NO2. The van der Waals surface area contributed by atoms with Gasteiger partial charge in [-0.15, -0.1) is 0 Å². The number of carbonyl (C=O) groups is 2. The maximum atomic E-state index is 12.1. The topological polar surface area (TPSA) is 39.1 Å². The molecule has 3 aromatic rings. The summed E-state index contributed by atoms with van der Waals surface area (Å²) in [5.74, 6) is -0.208. The Bertz CT molecular complexity index is 874. The number of hydrogen-bond acceptors (Lipinski definition) is 2. The first-order valence-corrected chi connectivity index (χ1v) is 7.65. The Balaban J connectivity index is 2.22. The normalized spacial score (nSPS) is 11.2. The lowest BCUT2D eigenvalue weighted by Crippen LogP contribution is -2.04. The van der Waals surface area contributed by atoms with Gasteiger partial charge in [-0.2, -0.15) is 0 Å². The van der Waals surface area contributed by atoms with Gasteiger partial charge in [0.05, 0.1) is 6.42 Å². The molecule has 0 atom stereocenters. The van der Waals surface area contributed by atoms with E-state index in [0.29, 0.717) is 5.56 Å². The van der Waals surface area contributed by atoms with Crippen molar-refractivity contribution in [3.05, 3.63) is 48.0 Å². The second-order valence-corrected chi connectivity index (χ2v) is 5.70. The number of rotatable bonds is 5. The van der Waals surface area contributed by atoms with Crippen molar-refractivity contribution in [2.75, 3.05) is 0 Å². The summed E-state index contributed by atoms with van der Waals surface area (Å²) in [7, 11) is 0. The minimum absolute atomic E-state index is 0.0287. The number of para-hydroxylation sites is 1. The first-order chi connectivity index (χ1) is 10.6. The molecule has 0 aliphatic heterocycles. The largest absolute Gasteiger partial charge is 0.340 e. The smallest absolute Gasteiger partial charge is 0.170 e. The Morgan fingerprint density at radius 2 is 1.73 bits per heavy atom. The third kappa shape index (κ3) is 2.43. The van der Waals surface area contributed by atoms with Gasteiger partial charge in [0.2, 0.25) is 0 Å². The number of carbonyl (C=O) groups excluding carboxylic acids is 2. The van der Waals surface area contributed by atoms with Crippen LogP contribution in [0.2, 0.25) is 0 Å². The fraction of sp³-hybridized carbons (Fsp3) is 0.263. The average molecular weight is 293 g/mol. The molecule has 0 unspecified atom stereocenters. The summed E-state index contributed by atoms with van der Waals surface area (Å²) >= 11 is 0. The molecule has 1 aromatic heterocycles. The van der Waals surface area contributed by atoms with Crippen LogP contribution in [0.3, 0.4) is 0 Å². The predicted octanol–water partition coefficient (Wildman–Crippen LogP) is 4.37. The summed E-state index contributed by atoms with van der Waals surface area (Å²) in [5.41, 5.74) is 2.94. The maximum Gasteiger partial charge on any atom is 0.170 e. The highest BCUT2D eigenvalue weighted by atomic mass is 16.1. The predicted molar refractivity (Wildman–Crippen MR) is 89.4 cm³/mol. The first-order valence-electron chi connectivity index (χ1n) is 7.65. The molecule has 1 heterocycles. The molecule has 0 aliphatic carbocycles. The lowest BCUT2D eigenvalue weighted by molar-refractivity contribution is -0.116. The van der Waals surface area contributed by atoms with Crippen LogP contribution in [-0.2, 0) is 11.3 Å². The monoisotopic (exact) mass is 293 g/mol. The van der Waals surface area contributed by atoms with Gasteiger partial charge >= 0.3 is 0 Å². The number of Topliss-reactive ketones (excluding diaryl/α,β-unsaturated/α-hetero) is 2. The number of hydrogen-bond donors (Lipinski definition) is 0. The van der Waals surface area contributed by atoms with Crippen LogP contribution < -0.4 is 0 Å². The highest BCUT2D eigenvalue weighted by Gasteiger charge is 2.14. The number of aromatic nitrogens is 1. The molecule has 0 radical (unpaired) electrons. The summed E-state index contributed by atoms with van der Waals surface area (Å²) in [6, 6.07) is 14.0. The fourth-order valence-corrected chi connectivity index (χ4v) is 3.02. The van der Waals surface area contributed by atoms with Crippen LogP contribution in [0.25, 0.3) is 21.8 Å². The SMILES string of the molecule is CCCn1c2ccccc2c2cc(C(=O)CC(C)=O)ccc21. The molecule has 3 nitrogen and oxygen atoms in total. The molecule has 2 aromatic carbocycles. The van der Waals surface area contributed by atoms with Crippen molar-refractivity contribution in [3.8, 4) is 0 Å². The van der Waals surface area contributed by atoms with Gasteiger partial charge in [0.1, 0.15) is 5.78 Å². The number of nitrogens with zero attached hydrogens (tertiary/aromatic N) is 1. The third-order valence-corrected chi connectivity index (χ3v) is 3.95. The molecule has 0 bridgehead atoms. The van der Waals surface area contributed by atoms with Gasteiger partial charge in [0.15, 0.2) is 5.78 Å². The molecule has 0 aliphatic rings. The van der Waals surface area contributed by atoms with Gasteiger partial charge in [0.25, 0.3) is 0 Å². The second-order valence-electron chi connectivity index (χ2n) is 5.70. The number of ketones is 2. The molecular weight excluding hydrogens is 274 g/mol. The minimum atomic E-state index is -0.110. The molecule has 22 heavy (non-hydrogen) atoms. The van der Waals surface area contributed by atoms with Crippen molar-refractivity contribution in [1.29, 1.82) is 0 Å². The van der Waals surface area contributed by atoms with Crippen molar-refractivity contribution in [2.24, 2.45) is 0 Å². The van der Waals surface area contributed by atoms with E-state index >= 15 is 0 Å². The van der Waals surface area contributed by atoms with Crippen molar-refractivity contribution >= 4 is 33.4 Å². The zero-order valence-electron chi connectivity index (χ0n) is 12.9. The van der Waals surface area contributed by atoms with E-state index in [9.17, 15) is 9.59 Å². The molecule has 0 amide bonds. The average Bonchev–Trinajstić information content (AvgIpc) is 2.81. The lowest BCUT2D eigenvalue weighted by atomic mass is 10.0. The van der Waals surface area contributed by atoms with Crippen LogP contribution in [0, 0.1) is 0 Å². The van der Waals surface area contributed by atoms with E-state index in [0.717, 1.165) is 29.3 Å². The van der Waals surface area contributed by atoms with Crippen LogP contribution in [0.4, 0.5) is 0 Å². The second kappa shape index (κ2) is 5.76. The minimum Gasteiger partial charge on any atom is -0.340 e. The van der Waals surface area contributed by atoms with E-state index in [1.165, 1.54) is 12.4 Å². The molecule has 0 N–H and O–H groups in total. The zero-order valence-corrected chi connectivity index (χ0v) is 12.9. The molecule has 0 saturated heterocycles. The summed E-state index contributed by atoms with van der Waals surface area (Å²) < 4.78 is 2.30. The Morgan fingerprint density at radius 1 is 1.00 bits per heavy atom. The van der Waals surface area contributed by atoms with Crippen LogP contribution in [-0.4, -0.2) is 16.1 Å². The van der Waals surface area contributed by atoms with Crippen molar-refractivity contribution in [2.45, 2.75) is 33.2 Å². The van der Waals surface area contributed by atoms with Gasteiger partial charge in [-0.05, 0) is 37.6 Å². The van der Waals surface area contributed by atoms with Crippen molar-refractivity contribution in [3.63, 3.8) is 0 Å². The van der Waals surface area contributed by atoms with Crippen molar-refractivity contribution < 1.29 is 9.59 Å². The lowest BCUT2D eigenvalue weighted by Gasteiger charge is -2.05. The summed E-state index contributed by atoms with van der Waals surface area (Å²) in [6.45, 7) is 4.56. The zero-order chi connectivity index (χ0) is 15.7. The molecule has 3 heteroatoms. The van der Waals surface area contributed by atoms with Gasteiger partial charge in [-0.3, -0.25) is 9.59 Å². The van der Waals surface area contributed by atoms with E-state index in [-0.39, 0.29) is 18.0 Å². The molecule has 0 fully saturated rings. The van der Waals surface area contributed by atoms with E-state index in [1.54, 1.807) is 0 Å². The van der Waals surface area contributed by atoms with Crippen LogP contribution >= 0.6 is 0 Å². The Kier molecular flexibility index (Phi) is 3.80. The van der Waals surface area contributed by atoms with E-state index in [2.05, 4.69) is 23.6 Å². The fourth-order valence-electron chi connectivity index (χ4n) is 3.02. The number of aryl methyl sites for hydroxylation is 1. The summed E-state index contributed by atoms with van der Waals surface area (Å²) in [6.07, 6.45) is 1.03. The molecule has 3 rings (SSSR count). The number of benzene rings is 2. The highest BCUT2D eigenvalue weighted by molar-refractivity contribution is 6.13. The van der Waals surface area contributed by atoms with Crippen LogP contribution in [0.15, 0.2) is 42.5 Å². The Hall–Kier alpha value is -2.42.